The number of rotatable bonds is 3. The number of hydrogen-bond acceptors (Lipinski definition) is 3. The van der Waals surface area contributed by atoms with Crippen LogP contribution in [0.3, 0.4) is 0 Å². The van der Waals surface area contributed by atoms with E-state index in [9.17, 15) is 4.79 Å². The molecule has 1 saturated heterocycles. The predicted octanol–water partition coefficient (Wildman–Crippen LogP) is 3.04. The van der Waals surface area contributed by atoms with E-state index < -0.39 is 0 Å². The lowest BCUT2D eigenvalue weighted by atomic mass is 9.99. The number of halogens is 1. The van der Waals surface area contributed by atoms with E-state index >= 15 is 0 Å². The third-order valence-corrected chi connectivity index (χ3v) is 4.59. The summed E-state index contributed by atoms with van der Waals surface area (Å²) in [4.78, 5) is 17.1. The van der Waals surface area contributed by atoms with Crippen LogP contribution < -0.4 is 10.6 Å². The monoisotopic (exact) mass is 361 g/mol. The summed E-state index contributed by atoms with van der Waals surface area (Å²) in [5, 5.41) is 7.35. The third-order valence-electron chi connectivity index (χ3n) is 4.09. The molecule has 0 spiro atoms. The van der Waals surface area contributed by atoms with Gasteiger partial charge in [-0.1, -0.05) is 15.9 Å². The van der Waals surface area contributed by atoms with Crippen LogP contribution in [-0.4, -0.2) is 30.5 Å². The second-order valence-corrected chi connectivity index (χ2v) is 6.81. The second kappa shape index (κ2) is 6.75. The largest absolute Gasteiger partial charge is 0.352 e. The molecule has 1 aliphatic rings. The fourth-order valence-electron chi connectivity index (χ4n) is 2.95. The van der Waals surface area contributed by atoms with Crippen molar-refractivity contribution in [3.8, 4) is 0 Å². The molecule has 3 rings (SSSR count). The molecule has 1 fully saturated rings. The number of amides is 1. The maximum Gasteiger partial charge on any atom is 0.252 e. The number of nitrogens with one attached hydrogen (secondary N) is 2. The minimum Gasteiger partial charge on any atom is -0.352 e. The predicted molar refractivity (Wildman–Crippen MR) is 92.1 cm³/mol. The number of carbonyl (C=O) groups is 1. The average Bonchev–Trinajstić information content (AvgIpc) is 2.53. The van der Waals surface area contributed by atoms with Crippen LogP contribution in [0.5, 0.6) is 0 Å². The van der Waals surface area contributed by atoms with Gasteiger partial charge in [-0.15, -0.1) is 0 Å². The molecular weight excluding hydrogens is 342 g/mol. The summed E-state index contributed by atoms with van der Waals surface area (Å²) in [6, 6.07) is 7.71. The van der Waals surface area contributed by atoms with E-state index in [1.54, 1.807) is 0 Å². The van der Waals surface area contributed by atoms with Crippen LogP contribution in [-0.2, 0) is 0 Å². The Morgan fingerprint density at radius 3 is 3.09 bits per heavy atom. The minimum absolute atomic E-state index is 0.0147. The number of piperidine rings is 1. The molecule has 1 aromatic carbocycles. The summed E-state index contributed by atoms with van der Waals surface area (Å²) >= 11 is 3.47. The number of fused-ring (bicyclic) bond motifs is 1. The SMILES string of the molecule is Cc1cc(C(=O)NCC2CCCNC2)c2cc(Br)ccc2n1. The van der Waals surface area contributed by atoms with E-state index in [1.807, 2.05) is 31.2 Å². The molecule has 22 heavy (non-hydrogen) atoms. The van der Waals surface area contributed by atoms with Crippen molar-refractivity contribution in [3.05, 3.63) is 40.0 Å². The molecule has 1 aliphatic heterocycles. The summed E-state index contributed by atoms with van der Waals surface area (Å²) in [5.41, 5.74) is 2.42. The lowest BCUT2D eigenvalue weighted by Gasteiger charge is -2.23. The molecule has 2 N–H and O–H groups in total. The van der Waals surface area contributed by atoms with E-state index in [1.165, 1.54) is 12.8 Å². The van der Waals surface area contributed by atoms with Gasteiger partial charge in [0.1, 0.15) is 0 Å². The zero-order chi connectivity index (χ0) is 15.5. The molecule has 1 amide bonds. The van der Waals surface area contributed by atoms with Gasteiger partial charge in [-0.25, -0.2) is 0 Å². The van der Waals surface area contributed by atoms with Gasteiger partial charge < -0.3 is 10.6 Å². The highest BCUT2D eigenvalue weighted by Crippen LogP contribution is 2.23. The molecule has 1 aromatic heterocycles. The molecule has 0 bridgehead atoms. The lowest BCUT2D eigenvalue weighted by Crippen LogP contribution is -2.38. The number of hydrogen-bond donors (Lipinski definition) is 2. The first-order chi connectivity index (χ1) is 10.6. The number of benzene rings is 1. The fourth-order valence-corrected chi connectivity index (χ4v) is 3.31. The Kier molecular flexibility index (Phi) is 4.74. The highest BCUT2D eigenvalue weighted by Gasteiger charge is 2.16. The lowest BCUT2D eigenvalue weighted by molar-refractivity contribution is 0.0946. The van der Waals surface area contributed by atoms with Crippen molar-refractivity contribution in [1.82, 2.24) is 15.6 Å². The van der Waals surface area contributed by atoms with Crippen LogP contribution in [0.25, 0.3) is 10.9 Å². The Bertz CT molecular complexity index is 696. The minimum atomic E-state index is -0.0147. The first kappa shape index (κ1) is 15.4. The zero-order valence-electron chi connectivity index (χ0n) is 12.7. The van der Waals surface area contributed by atoms with E-state index in [0.29, 0.717) is 11.5 Å². The molecule has 1 atom stereocenters. The van der Waals surface area contributed by atoms with Gasteiger partial charge in [-0.3, -0.25) is 9.78 Å². The smallest absolute Gasteiger partial charge is 0.252 e. The van der Waals surface area contributed by atoms with Crippen molar-refractivity contribution < 1.29 is 4.79 Å². The maximum atomic E-state index is 12.6. The number of pyridine rings is 1. The molecular formula is C17H20BrN3O. The van der Waals surface area contributed by atoms with Crippen LogP contribution in [0.1, 0.15) is 28.9 Å². The Hall–Kier alpha value is -1.46. The van der Waals surface area contributed by atoms with Gasteiger partial charge >= 0.3 is 0 Å². The van der Waals surface area contributed by atoms with Crippen molar-refractivity contribution in [2.75, 3.05) is 19.6 Å². The molecule has 2 aromatic rings. The van der Waals surface area contributed by atoms with E-state index in [-0.39, 0.29) is 5.91 Å². The summed E-state index contributed by atoms with van der Waals surface area (Å²) in [6.07, 6.45) is 2.36. The molecule has 2 heterocycles. The summed E-state index contributed by atoms with van der Waals surface area (Å²) < 4.78 is 0.955. The topological polar surface area (TPSA) is 54.0 Å². The number of aromatic nitrogens is 1. The van der Waals surface area contributed by atoms with Crippen molar-refractivity contribution >= 4 is 32.7 Å². The standard InChI is InChI=1S/C17H20BrN3O/c1-11-7-15(14-8-13(18)4-5-16(14)21-11)17(22)20-10-12-3-2-6-19-9-12/h4-5,7-8,12,19H,2-3,6,9-10H2,1H3,(H,20,22). The molecule has 0 saturated carbocycles. The summed E-state index contributed by atoms with van der Waals surface area (Å²) in [5.74, 6) is 0.512. The van der Waals surface area contributed by atoms with Crippen LogP contribution in [0.2, 0.25) is 0 Å². The number of aryl methyl sites for hydroxylation is 1. The van der Waals surface area contributed by atoms with Gasteiger partial charge in [-0.2, -0.15) is 0 Å². The quantitative estimate of drug-likeness (QED) is 0.883. The van der Waals surface area contributed by atoms with Crippen molar-refractivity contribution in [2.24, 2.45) is 5.92 Å². The normalized spacial score (nSPS) is 18.4. The molecule has 0 radical (unpaired) electrons. The Balaban J connectivity index is 1.81. The Labute approximate surface area is 138 Å². The third kappa shape index (κ3) is 3.47. The van der Waals surface area contributed by atoms with Crippen molar-refractivity contribution in [3.63, 3.8) is 0 Å². The maximum absolute atomic E-state index is 12.6. The molecule has 0 aliphatic carbocycles. The summed E-state index contributed by atoms with van der Waals surface area (Å²) in [6.45, 7) is 4.72. The molecule has 116 valence electrons. The number of carbonyl (C=O) groups excluding carboxylic acids is 1. The van der Waals surface area contributed by atoms with Crippen molar-refractivity contribution in [1.29, 1.82) is 0 Å². The van der Waals surface area contributed by atoms with Crippen LogP contribution in [0, 0.1) is 12.8 Å². The molecule has 4 nitrogen and oxygen atoms in total. The van der Waals surface area contributed by atoms with Gasteiger partial charge in [0, 0.05) is 22.1 Å². The zero-order valence-corrected chi connectivity index (χ0v) is 14.2. The highest BCUT2D eigenvalue weighted by atomic mass is 79.9. The van der Waals surface area contributed by atoms with Gasteiger partial charge in [0.25, 0.3) is 5.91 Å². The van der Waals surface area contributed by atoms with Gasteiger partial charge in [0.2, 0.25) is 0 Å². The van der Waals surface area contributed by atoms with Gasteiger partial charge in [-0.05, 0) is 63.0 Å². The Morgan fingerprint density at radius 1 is 1.45 bits per heavy atom. The van der Waals surface area contributed by atoms with E-state index in [4.69, 9.17) is 0 Å². The highest BCUT2D eigenvalue weighted by molar-refractivity contribution is 9.10. The van der Waals surface area contributed by atoms with Crippen molar-refractivity contribution in [2.45, 2.75) is 19.8 Å². The average molecular weight is 362 g/mol. The second-order valence-electron chi connectivity index (χ2n) is 5.90. The van der Waals surface area contributed by atoms with E-state index in [0.717, 1.165) is 40.7 Å². The van der Waals surface area contributed by atoms with E-state index in [2.05, 4.69) is 31.5 Å². The van der Waals surface area contributed by atoms with Gasteiger partial charge in [0.05, 0.1) is 11.1 Å². The first-order valence-electron chi connectivity index (χ1n) is 7.69. The van der Waals surface area contributed by atoms with Crippen LogP contribution in [0.15, 0.2) is 28.7 Å². The van der Waals surface area contributed by atoms with Crippen LogP contribution >= 0.6 is 15.9 Å². The molecule has 1 unspecified atom stereocenters. The number of nitrogens with zero attached hydrogens (tertiary/aromatic N) is 1. The first-order valence-corrected chi connectivity index (χ1v) is 8.48. The van der Waals surface area contributed by atoms with Crippen LogP contribution in [0.4, 0.5) is 0 Å². The molecule has 5 heteroatoms. The summed E-state index contributed by atoms with van der Waals surface area (Å²) in [7, 11) is 0. The fraction of sp³-hybridized carbons (Fsp3) is 0.412. The van der Waals surface area contributed by atoms with Gasteiger partial charge in [0.15, 0.2) is 0 Å². The Morgan fingerprint density at radius 2 is 2.32 bits per heavy atom.